The van der Waals surface area contributed by atoms with Crippen LogP contribution < -0.4 is 10.6 Å². The average molecular weight is 351 g/mol. The Morgan fingerprint density at radius 3 is 2.68 bits per heavy atom. The second kappa shape index (κ2) is 8.39. The molecule has 0 aliphatic carbocycles. The molecule has 0 saturated carbocycles. The maximum atomic E-state index is 5.30. The van der Waals surface area contributed by atoms with Gasteiger partial charge in [-0.2, -0.15) is 0 Å². The van der Waals surface area contributed by atoms with Crippen LogP contribution in [0.4, 0.5) is 5.95 Å². The van der Waals surface area contributed by atoms with Gasteiger partial charge in [-0.1, -0.05) is 60.2 Å². The van der Waals surface area contributed by atoms with Crippen molar-refractivity contribution in [3.63, 3.8) is 0 Å². The first-order valence-corrected chi connectivity index (χ1v) is 8.63. The fourth-order valence-corrected chi connectivity index (χ4v) is 2.73. The Kier molecular flexibility index (Phi) is 5.74. The Bertz CT molecular complexity index is 829. The first-order valence-electron chi connectivity index (χ1n) is 8.23. The number of thiocarbonyl (C=S) groups is 1. The van der Waals surface area contributed by atoms with Crippen LogP contribution >= 0.6 is 12.2 Å². The Hall–Kier alpha value is -2.73. The zero-order valence-electron chi connectivity index (χ0n) is 14.1. The van der Waals surface area contributed by atoms with Crippen molar-refractivity contribution in [1.29, 1.82) is 0 Å². The van der Waals surface area contributed by atoms with Crippen LogP contribution in [0.1, 0.15) is 16.7 Å². The van der Waals surface area contributed by atoms with Crippen molar-refractivity contribution in [2.24, 2.45) is 0 Å². The molecule has 2 aromatic carbocycles. The number of hydrogen-bond acceptors (Lipinski definition) is 3. The lowest BCUT2D eigenvalue weighted by atomic mass is 10.1. The van der Waals surface area contributed by atoms with Gasteiger partial charge in [-0.05, 0) is 36.7 Å². The molecule has 0 amide bonds. The van der Waals surface area contributed by atoms with Crippen molar-refractivity contribution in [1.82, 2.24) is 20.1 Å². The smallest absolute Gasteiger partial charge is 0.248 e. The van der Waals surface area contributed by atoms with E-state index in [0.717, 1.165) is 13.0 Å². The first kappa shape index (κ1) is 17.1. The second-order valence-electron chi connectivity index (χ2n) is 5.87. The van der Waals surface area contributed by atoms with Gasteiger partial charge in [-0.3, -0.25) is 5.32 Å². The molecule has 0 radical (unpaired) electrons. The molecule has 1 aromatic heterocycles. The lowest BCUT2D eigenvalue weighted by molar-refractivity contribution is 0.687. The third-order valence-corrected chi connectivity index (χ3v) is 3.98. The zero-order valence-corrected chi connectivity index (χ0v) is 15.0. The molecule has 0 saturated heterocycles. The molecule has 3 rings (SSSR count). The molecule has 0 aliphatic rings. The van der Waals surface area contributed by atoms with E-state index in [0.29, 0.717) is 17.6 Å². The van der Waals surface area contributed by atoms with Gasteiger partial charge in [0.05, 0.1) is 6.54 Å². The lowest BCUT2D eigenvalue weighted by Gasteiger charge is -2.08. The van der Waals surface area contributed by atoms with Crippen LogP contribution in [0.5, 0.6) is 0 Å². The Labute approximate surface area is 153 Å². The second-order valence-corrected chi connectivity index (χ2v) is 6.28. The molecule has 0 bridgehead atoms. The number of aromatic nitrogens is 3. The van der Waals surface area contributed by atoms with Gasteiger partial charge in [0.2, 0.25) is 5.95 Å². The van der Waals surface area contributed by atoms with Crippen LogP contribution in [0.25, 0.3) is 0 Å². The normalized spacial score (nSPS) is 10.4. The molecule has 1 heterocycles. The quantitative estimate of drug-likeness (QED) is 0.668. The molecule has 0 fully saturated rings. The predicted molar refractivity (Wildman–Crippen MR) is 105 cm³/mol. The molecule has 25 heavy (non-hydrogen) atoms. The number of rotatable bonds is 6. The number of hydrogen-bond donors (Lipinski definition) is 2. The monoisotopic (exact) mass is 351 g/mol. The molecule has 0 spiro atoms. The zero-order chi connectivity index (χ0) is 17.5. The minimum atomic E-state index is 0.505. The van der Waals surface area contributed by atoms with Gasteiger partial charge >= 0.3 is 0 Å². The Balaban J connectivity index is 1.46. The summed E-state index contributed by atoms with van der Waals surface area (Å²) in [6.07, 6.45) is 2.62. The summed E-state index contributed by atoms with van der Waals surface area (Å²) in [6, 6.07) is 18.7. The van der Waals surface area contributed by atoms with Crippen molar-refractivity contribution in [3.05, 3.63) is 77.6 Å². The van der Waals surface area contributed by atoms with Crippen LogP contribution in [-0.4, -0.2) is 26.4 Å². The summed E-state index contributed by atoms with van der Waals surface area (Å²) >= 11 is 5.30. The fourth-order valence-electron chi connectivity index (χ4n) is 2.54. The molecule has 0 aliphatic heterocycles. The number of benzene rings is 2. The van der Waals surface area contributed by atoms with E-state index in [9.17, 15) is 0 Å². The number of aryl methyl sites for hydroxylation is 1. The van der Waals surface area contributed by atoms with Crippen LogP contribution in [-0.2, 0) is 13.0 Å². The maximum Gasteiger partial charge on any atom is 0.248 e. The summed E-state index contributed by atoms with van der Waals surface area (Å²) in [7, 11) is 0. The van der Waals surface area contributed by atoms with Crippen LogP contribution in [0.15, 0.2) is 60.9 Å². The van der Waals surface area contributed by atoms with Gasteiger partial charge in [-0.15, -0.1) is 5.10 Å². The number of nitrogens with one attached hydrogen (secondary N) is 2. The summed E-state index contributed by atoms with van der Waals surface area (Å²) in [5, 5.41) is 11.1. The first-order chi connectivity index (χ1) is 12.2. The highest BCUT2D eigenvalue weighted by molar-refractivity contribution is 7.80. The Morgan fingerprint density at radius 1 is 1.08 bits per heavy atom. The lowest BCUT2D eigenvalue weighted by Crippen LogP contribution is -2.30. The summed E-state index contributed by atoms with van der Waals surface area (Å²) in [5.74, 6) is 0.505. The highest BCUT2D eigenvalue weighted by atomic mass is 32.1. The third-order valence-electron chi connectivity index (χ3n) is 3.73. The molecule has 6 heteroatoms. The van der Waals surface area contributed by atoms with Gasteiger partial charge in [0, 0.05) is 6.54 Å². The minimum absolute atomic E-state index is 0.505. The SMILES string of the molecule is Cc1cccc(Cn2cnc(NC(=S)NCCc3ccccc3)n2)c1. The summed E-state index contributed by atoms with van der Waals surface area (Å²) < 4.78 is 1.80. The predicted octanol–water partition coefficient (Wildman–Crippen LogP) is 3.16. The van der Waals surface area contributed by atoms with E-state index in [1.165, 1.54) is 16.7 Å². The van der Waals surface area contributed by atoms with Crippen LogP contribution in [0.2, 0.25) is 0 Å². The molecular formula is C19H21N5S. The highest BCUT2D eigenvalue weighted by Crippen LogP contribution is 2.06. The van der Waals surface area contributed by atoms with Gasteiger partial charge < -0.3 is 5.32 Å². The van der Waals surface area contributed by atoms with E-state index in [-0.39, 0.29) is 0 Å². The number of anilines is 1. The molecule has 128 valence electrons. The van der Waals surface area contributed by atoms with E-state index < -0.39 is 0 Å². The van der Waals surface area contributed by atoms with Gasteiger partial charge in [0.1, 0.15) is 6.33 Å². The highest BCUT2D eigenvalue weighted by Gasteiger charge is 2.04. The molecule has 2 N–H and O–H groups in total. The third kappa shape index (κ3) is 5.39. The summed E-state index contributed by atoms with van der Waals surface area (Å²) in [4.78, 5) is 4.25. The largest absolute Gasteiger partial charge is 0.362 e. The topological polar surface area (TPSA) is 54.8 Å². The molecular weight excluding hydrogens is 330 g/mol. The summed E-state index contributed by atoms with van der Waals surface area (Å²) in [5.41, 5.74) is 3.71. The maximum absolute atomic E-state index is 5.30. The minimum Gasteiger partial charge on any atom is -0.362 e. The molecule has 5 nitrogen and oxygen atoms in total. The van der Waals surface area contributed by atoms with Crippen molar-refractivity contribution in [2.75, 3.05) is 11.9 Å². The van der Waals surface area contributed by atoms with Crippen molar-refractivity contribution in [2.45, 2.75) is 19.9 Å². The van der Waals surface area contributed by atoms with Gasteiger partial charge in [0.15, 0.2) is 5.11 Å². The van der Waals surface area contributed by atoms with Crippen molar-refractivity contribution in [3.8, 4) is 0 Å². The molecule has 0 atom stereocenters. The van der Waals surface area contributed by atoms with Gasteiger partial charge in [0.25, 0.3) is 0 Å². The summed E-state index contributed by atoms with van der Waals surface area (Å²) in [6.45, 7) is 3.53. The standard InChI is InChI=1S/C19H21N5S/c1-15-6-5-9-17(12-15)13-24-14-21-18(23-24)22-19(25)20-11-10-16-7-3-2-4-8-16/h2-9,12,14H,10-11,13H2,1H3,(H2,20,22,23,25). The number of nitrogens with zero attached hydrogens (tertiary/aromatic N) is 3. The van der Waals surface area contributed by atoms with E-state index in [1.807, 2.05) is 24.3 Å². The van der Waals surface area contributed by atoms with E-state index in [4.69, 9.17) is 12.2 Å². The molecule has 3 aromatic rings. The van der Waals surface area contributed by atoms with Crippen molar-refractivity contribution < 1.29 is 0 Å². The fraction of sp³-hybridized carbons (Fsp3) is 0.211. The van der Waals surface area contributed by atoms with E-state index in [1.54, 1.807) is 11.0 Å². The van der Waals surface area contributed by atoms with Crippen LogP contribution in [0.3, 0.4) is 0 Å². The molecule has 0 unspecified atom stereocenters. The van der Waals surface area contributed by atoms with E-state index >= 15 is 0 Å². The van der Waals surface area contributed by atoms with Crippen molar-refractivity contribution >= 4 is 23.3 Å². The van der Waals surface area contributed by atoms with Gasteiger partial charge in [-0.25, -0.2) is 9.67 Å². The Morgan fingerprint density at radius 2 is 1.88 bits per heavy atom. The van der Waals surface area contributed by atoms with Crippen LogP contribution in [0, 0.1) is 6.92 Å². The van der Waals surface area contributed by atoms with E-state index in [2.05, 4.69) is 58.0 Å². The average Bonchev–Trinajstić information content (AvgIpc) is 3.02.